The van der Waals surface area contributed by atoms with Crippen LogP contribution in [-0.4, -0.2) is 109 Å². The fourth-order valence-corrected chi connectivity index (χ4v) is 7.41. The number of pyridine rings is 1. The number of benzene rings is 2. The van der Waals surface area contributed by atoms with Crippen molar-refractivity contribution >= 4 is 62.8 Å². The van der Waals surface area contributed by atoms with E-state index in [0.29, 0.717) is 11.1 Å². The minimum Gasteiger partial charge on any atom is -0.460 e. The zero-order chi connectivity index (χ0) is 48.0. The van der Waals surface area contributed by atoms with E-state index in [-0.39, 0.29) is 38.6 Å². The summed E-state index contributed by atoms with van der Waals surface area (Å²) in [4.78, 5) is 86.2. The largest absolute Gasteiger partial charge is 0.460 e. The monoisotopic (exact) mass is 920 g/mol. The molecular formula is C46H60N6O12S. The van der Waals surface area contributed by atoms with Gasteiger partial charge in [-0.2, -0.15) is 4.31 Å². The molecule has 2 heterocycles. The van der Waals surface area contributed by atoms with E-state index in [2.05, 4.69) is 26.3 Å². The van der Waals surface area contributed by atoms with Crippen LogP contribution in [-0.2, 0) is 59.6 Å². The molecule has 1 aliphatic heterocycles. The van der Waals surface area contributed by atoms with Crippen molar-refractivity contribution in [2.24, 2.45) is 5.92 Å². The summed E-state index contributed by atoms with van der Waals surface area (Å²) in [7, 11) is -3.97. The highest BCUT2D eigenvalue weighted by Gasteiger charge is 2.33. The average molecular weight is 921 g/mol. The molecule has 0 bridgehead atoms. The van der Waals surface area contributed by atoms with E-state index in [9.17, 15) is 37.2 Å². The number of fused-ring (bicyclic) bond motifs is 1. The Bertz CT molecular complexity index is 2330. The third-order valence-electron chi connectivity index (χ3n) is 9.21. The number of esters is 2. The SMILES string of the molecule is CC(C)[C@H](NC(=O)/C(=C\c1ccc2ccccc2n1)NC(=O)[C@H](CC(=O)OC(C)(C)C)NC(=O)OCc1ccccc1)C(=O)N[C@H](/C=C/S(=O)(=O)N1CCOCC1)CC(=O)OC(C)(C)C. The summed E-state index contributed by atoms with van der Waals surface area (Å²) in [5.41, 5.74) is -0.800. The predicted octanol–water partition coefficient (Wildman–Crippen LogP) is 4.25. The first-order valence-corrected chi connectivity index (χ1v) is 22.6. The molecule has 1 aliphatic rings. The van der Waals surface area contributed by atoms with Gasteiger partial charge in [-0.15, -0.1) is 0 Å². The van der Waals surface area contributed by atoms with E-state index in [1.165, 1.54) is 16.5 Å². The summed E-state index contributed by atoms with van der Waals surface area (Å²) in [6, 6.07) is 15.2. The molecule has 0 aliphatic carbocycles. The first-order valence-electron chi connectivity index (χ1n) is 21.1. The van der Waals surface area contributed by atoms with Crippen molar-refractivity contribution in [1.82, 2.24) is 30.6 Å². The lowest BCUT2D eigenvalue weighted by Gasteiger charge is -2.27. The highest BCUT2D eigenvalue weighted by atomic mass is 32.2. The molecule has 3 aromatic rings. The van der Waals surface area contributed by atoms with Crippen molar-refractivity contribution in [3.8, 4) is 0 Å². The molecule has 19 heteroatoms. The Kier molecular flexibility index (Phi) is 18.3. The van der Waals surface area contributed by atoms with Crippen LogP contribution in [0.25, 0.3) is 17.0 Å². The number of morpholine rings is 1. The van der Waals surface area contributed by atoms with E-state index < -0.39 is 99.6 Å². The number of hydrogen-bond donors (Lipinski definition) is 4. The van der Waals surface area contributed by atoms with E-state index in [1.807, 2.05) is 12.1 Å². The van der Waals surface area contributed by atoms with Crippen LogP contribution in [0.4, 0.5) is 4.79 Å². The maximum Gasteiger partial charge on any atom is 0.408 e. The molecule has 0 radical (unpaired) electrons. The van der Waals surface area contributed by atoms with Gasteiger partial charge in [0.05, 0.1) is 43.3 Å². The topological polar surface area (TPSA) is 238 Å². The number of carbonyl (C=O) groups excluding carboxylic acids is 6. The number of nitrogens with zero attached hydrogens (tertiary/aromatic N) is 2. The van der Waals surface area contributed by atoms with E-state index in [4.69, 9.17) is 18.9 Å². The summed E-state index contributed by atoms with van der Waals surface area (Å²) in [5.74, 6) is -4.95. The van der Waals surface area contributed by atoms with E-state index >= 15 is 0 Å². The molecule has 0 unspecified atom stereocenters. The predicted molar refractivity (Wildman–Crippen MR) is 241 cm³/mol. The Hall–Kier alpha value is -6.18. The van der Waals surface area contributed by atoms with Crippen LogP contribution in [0.2, 0.25) is 0 Å². The quantitative estimate of drug-likeness (QED) is 0.0794. The van der Waals surface area contributed by atoms with Crippen molar-refractivity contribution < 1.29 is 56.1 Å². The van der Waals surface area contributed by atoms with Gasteiger partial charge in [-0.25, -0.2) is 18.2 Å². The van der Waals surface area contributed by atoms with Crippen LogP contribution in [0, 0.1) is 5.92 Å². The van der Waals surface area contributed by atoms with Gasteiger partial charge in [0, 0.05) is 23.9 Å². The average Bonchev–Trinajstić information content (AvgIpc) is 3.22. The minimum absolute atomic E-state index is 0.120. The Balaban J connectivity index is 1.65. The Morgan fingerprint density at radius 1 is 0.785 bits per heavy atom. The fourth-order valence-electron chi connectivity index (χ4n) is 6.19. The van der Waals surface area contributed by atoms with Crippen molar-refractivity contribution in [2.75, 3.05) is 26.3 Å². The molecule has 18 nitrogen and oxygen atoms in total. The molecule has 352 valence electrons. The summed E-state index contributed by atoms with van der Waals surface area (Å²) < 4.78 is 49.1. The number of sulfonamides is 1. The van der Waals surface area contributed by atoms with Gasteiger partial charge in [0.1, 0.15) is 35.6 Å². The fraction of sp³-hybridized carbons (Fsp3) is 0.457. The number of ether oxygens (including phenoxy) is 4. The molecule has 4 amide bonds. The van der Waals surface area contributed by atoms with Crippen LogP contribution < -0.4 is 21.3 Å². The highest BCUT2D eigenvalue weighted by Crippen LogP contribution is 2.17. The number of nitrogens with one attached hydrogen (secondary N) is 4. The Morgan fingerprint density at radius 2 is 1.40 bits per heavy atom. The smallest absolute Gasteiger partial charge is 0.408 e. The maximum absolute atomic E-state index is 14.3. The first-order chi connectivity index (χ1) is 30.5. The first kappa shape index (κ1) is 51.5. The summed E-state index contributed by atoms with van der Waals surface area (Å²) in [6.45, 7) is 13.7. The van der Waals surface area contributed by atoms with Gasteiger partial charge in [-0.3, -0.25) is 24.0 Å². The summed E-state index contributed by atoms with van der Waals surface area (Å²) in [6.07, 6.45) is 0.291. The molecule has 65 heavy (non-hydrogen) atoms. The number of alkyl carbamates (subject to hydrolysis) is 1. The summed E-state index contributed by atoms with van der Waals surface area (Å²) in [5, 5.41) is 11.9. The van der Waals surface area contributed by atoms with Crippen LogP contribution >= 0.6 is 0 Å². The van der Waals surface area contributed by atoms with Gasteiger partial charge < -0.3 is 40.2 Å². The van der Waals surface area contributed by atoms with E-state index in [0.717, 1.165) is 10.8 Å². The van der Waals surface area contributed by atoms with Crippen LogP contribution in [0.15, 0.2) is 83.9 Å². The van der Waals surface area contributed by atoms with Crippen LogP contribution in [0.3, 0.4) is 0 Å². The zero-order valence-electron chi connectivity index (χ0n) is 38.0. The lowest BCUT2D eigenvalue weighted by molar-refractivity contribution is -0.157. The standard InChI is InChI=1S/C46H60N6O12S/c1-30(2)40(43(57)48-34(27-38(53)63-45(3,4)5)20-25-65(59,60)52-21-23-61-24-22-52)51-42(56)36(26-33-19-18-32-16-12-13-17-35(32)47-33)49-41(55)37(28-39(54)64-46(6,7)8)50-44(58)62-29-31-14-10-9-11-15-31/h9-20,25-26,30,34,37,40H,21-24,27-29H2,1-8H3,(H,48,57)(H,49,55)(H,50,58)(H,51,56)/b25-20+,36-26+/t34-,37+,40+/m1/s1. The molecule has 2 aromatic carbocycles. The van der Waals surface area contributed by atoms with Gasteiger partial charge >= 0.3 is 18.0 Å². The van der Waals surface area contributed by atoms with Crippen molar-refractivity contribution in [1.29, 1.82) is 0 Å². The second kappa shape index (κ2) is 23.1. The van der Waals surface area contributed by atoms with Crippen LogP contribution in [0.1, 0.15) is 79.5 Å². The second-order valence-electron chi connectivity index (χ2n) is 17.5. The number of carbonyl (C=O) groups is 6. The normalized spacial score (nSPS) is 15.4. The minimum atomic E-state index is -3.97. The third-order valence-corrected chi connectivity index (χ3v) is 10.8. The lowest BCUT2D eigenvalue weighted by atomic mass is 10.0. The highest BCUT2D eigenvalue weighted by molar-refractivity contribution is 7.92. The Labute approximate surface area is 379 Å². The van der Waals surface area contributed by atoms with Crippen molar-refractivity contribution in [3.05, 3.63) is 95.2 Å². The zero-order valence-corrected chi connectivity index (χ0v) is 38.9. The Morgan fingerprint density at radius 3 is 2.03 bits per heavy atom. The number of aromatic nitrogens is 1. The lowest BCUT2D eigenvalue weighted by Crippen LogP contribution is -2.54. The molecule has 1 fully saturated rings. The van der Waals surface area contributed by atoms with Gasteiger partial charge in [0.2, 0.25) is 21.8 Å². The molecule has 1 aromatic heterocycles. The molecule has 4 rings (SSSR count). The summed E-state index contributed by atoms with van der Waals surface area (Å²) >= 11 is 0. The number of para-hydroxylation sites is 1. The second-order valence-corrected chi connectivity index (χ2v) is 19.3. The number of rotatable bonds is 18. The molecule has 3 atom stereocenters. The molecule has 0 saturated carbocycles. The maximum atomic E-state index is 14.3. The van der Waals surface area contributed by atoms with Crippen molar-refractivity contribution in [3.63, 3.8) is 0 Å². The van der Waals surface area contributed by atoms with Crippen molar-refractivity contribution in [2.45, 2.75) is 104 Å². The molecule has 1 saturated heterocycles. The van der Waals surface area contributed by atoms with E-state index in [1.54, 1.807) is 110 Å². The molecule has 4 N–H and O–H groups in total. The third kappa shape index (κ3) is 17.7. The molecule has 0 spiro atoms. The van der Waals surface area contributed by atoms with Gasteiger partial charge in [-0.1, -0.05) is 68.4 Å². The van der Waals surface area contributed by atoms with Gasteiger partial charge in [-0.05, 0) is 77.3 Å². The number of amides is 4. The molecular weight excluding hydrogens is 861 g/mol. The van der Waals surface area contributed by atoms with Crippen LogP contribution in [0.5, 0.6) is 0 Å². The van der Waals surface area contributed by atoms with Gasteiger partial charge in [0.15, 0.2) is 0 Å². The van der Waals surface area contributed by atoms with Gasteiger partial charge in [0.25, 0.3) is 5.91 Å². The number of hydrogen-bond acceptors (Lipinski definition) is 13.